The number of hydrogen-bond acceptors (Lipinski definition) is 4. The minimum atomic E-state index is -1.22. The molecule has 0 aromatic heterocycles. The molecule has 0 spiro atoms. The summed E-state index contributed by atoms with van der Waals surface area (Å²) >= 11 is 0. The Morgan fingerprint density at radius 3 is 2.45 bits per heavy atom. The molecular weight excluding hydrogens is 146 g/mol. The Bertz CT molecular complexity index is 283. The number of nitrogens with two attached hydrogens (primary N) is 1. The number of phenols is 1. The van der Waals surface area contributed by atoms with E-state index in [0.717, 1.165) is 0 Å². The maximum absolute atomic E-state index is 9.25. The molecule has 0 bridgehead atoms. The van der Waals surface area contributed by atoms with Crippen molar-refractivity contribution in [2.75, 3.05) is 0 Å². The van der Waals surface area contributed by atoms with Crippen LogP contribution in [-0.2, 0) is 15.7 Å². The van der Waals surface area contributed by atoms with Crippen LogP contribution < -0.4 is 5.73 Å². The van der Waals surface area contributed by atoms with Gasteiger partial charge in [0.2, 0.25) is 0 Å². The topological polar surface area (TPSA) is 71.3 Å². The monoisotopic (exact) mass is 153 g/mol. The maximum Gasteiger partial charge on any atom is 0.315 e. The summed E-state index contributed by atoms with van der Waals surface area (Å²) in [6.07, 6.45) is 0. The van der Waals surface area contributed by atoms with E-state index in [1.54, 1.807) is 18.2 Å². The third kappa shape index (κ3) is 0.970. The fraction of sp³-hybridized carbons (Fsp3) is 0.143. The zero-order valence-corrected chi connectivity index (χ0v) is 5.65. The Kier molecular flexibility index (Phi) is 1.17. The summed E-state index contributed by atoms with van der Waals surface area (Å²) in [4.78, 5) is 8.96. The highest BCUT2D eigenvalue weighted by Gasteiger charge is 2.48. The third-order valence-corrected chi connectivity index (χ3v) is 1.54. The van der Waals surface area contributed by atoms with Crippen molar-refractivity contribution in [2.45, 2.75) is 5.91 Å². The number of benzene rings is 1. The van der Waals surface area contributed by atoms with Crippen LogP contribution in [0.4, 0.5) is 0 Å². The lowest BCUT2D eigenvalue weighted by Gasteiger charge is -2.01. The molecule has 1 fully saturated rings. The molecule has 1 aromatic carbocycles. The van der Waals surface area contributed by atoms with E-state index < -0.39 is 5.91 Å². The van der Waals surface area contributed by atoms with Crippen molar-refractivity contribution >= 4 is 0 Å². The molecule has 2 rings (SSSR count). The zero-order valence-electron chi connectivity index (χ0n) is 5.65. The van der Waals surface area contributed by atoms with Gasteiger partial charge in [-0.3, -0.25) is 5.73 Å². The van der Waals surface area contributed by atoms with E-state index in [0.29, 0.717) is 5.56 Å². The molecule has 1 aromatic rings. The van der Waals surface area contributed by atoms with Gasteiger partial charge in [0.05, 0.1) is 5.56 Å². The van der Waals surface area contributed by atoms with Crippen molar-refractivity contribution in [1.82, 2.24) is 0 Å². The van der Waals surface area contributed by atoms with E-state index in [1.165, 1.54) is 6.07 Å². The van der Waals surface area contributed by atoms with Gasteiger partial charge in [0.15, 0.2) is 0 Å². The van der Waals surface area contributed by atoms with E-state index in [1.807, 2.05) is 0 Å². The molecule has 1 heterocycles. The fourth-order valence-corrected chi connectivity index (χ4v) is 0.903. The van der Waals surface area contributed by atoms with Gasteiger partial charge < -0.3 is 5.11 Å². The summed E-state index contributed by atoms with van der Waals surface area (Å²) in [5.74, 6) is -1.14. The quantitative estimate of drug-likeness (QED) is 0.453. The minimum absolute atomic E-state index is 0.0764. The molecule has 58 valence electrons. The molecule has 0 radical (unpaired) electrons. The van der Waals surface area contributed by atoms with Crippen molar-refractivity contribution in [3.63, 3.8) is 0 Å². The van der Waals surface area contributed by atoms with Gasteiger partial charge >= 0.3 is 5.91 Å². The van der Waals surface area contributed by atoms with Crippen LogP contribution in [0.25, 0.3) is 0 Å². The second-order valence-corrected chi connectivity index (χ2v) is 2.35. The first-order valence-electron chi connectivity index (χ1n) is 3.16. The van der Waals surface area contributed by atoms with Gasteiger partial charge in [-0.25, -0.2) is 0 Å². The molecule has 0 amide bonds. The average molecular weight is 153 g/mol. The highest BCUT2D eigenvalue weighted by Crippen LogP contribution is 2.39. The molecule has 11 heavy (non-hydrogen) atoms. The van der Waals surface area contributed by atoms with Gasteiger partial charge in [0.1, 0.15) is 5.75 Å². The number of aromatic hydroxyl groups is 1. The molecular formula is C7H7NO3. The summed E-state index contributed by atoms with van der Waals surface area (Å²) in [6, 6.07) is 6.61. The van der Waals surface area contributed by atoms with Gasteiger partial charge in [0.25, 0.3) is 0 Å². The SMILES string of the molecule is NC1(c2ccccc2O)OO1. The second-order valence-electron chi connectivity index (χ2n) is 2.35. The summed E-state index contributed by atoms with van der Waals surface area (Å²) < 4.78 is 0. The largest absolute Gasteiger partial charge is 0.507 e. The van der Waals surface area contributed by atoms with Crippen molar-refractivity contribution < 1.29 is 14.9 Å². The van der Waals surface area contributed by atoms with Crippen LogP contribution in [0.1, 0.15) is 5.56 Å². The Morgan fingerprint density at radius 1 is 1.27 bits per heavy atom. The van der Waals surface area contributed by atoms with Gasteiger partial charge in [-0.05, 0) is 12.1 Å². The molecule has 0 atom stereocenters. The molecule has 1 aliphatic rings. The first-order valence-corrected chi connectivity index (χ1v) is 3.16. The van der Waals surface area contributed by atoms with Crippen molar-refractivity contribution in [1.29, 1.82) is 0 Å². The summed E-state index contributed by atoms with van der Waals surface area (Å²) in [5, 5.41) is 9.25. The van der Waals surface area contributed by atoms with Gasteiger partial charge in [-0.2, -0.15) is 9.78 Å². The number of phenolic OH excluding ortho intramolecular Hbond substituents is 1. The Labute approximate surface area is 63.1 Å². The molecule has 3 N–H and O–H groups in total. The molecule has 4 heteroatoms. The van der Waals surface area contributed by atoms with Crippen molar-refractivity contribution in [3.05, 3.63) is 29.8 Å². The fourth-order valence-electron chi connectivity index (χ4n) is 0.903. The summed E-state index contributed by atoms with van der Waals surface area (Å²) in [7, 11) is 0. The molecule has 0 aliphatic carbocycles. The van der Waals surface area contributed by atoms with Gasteiger partial charge in [0, 0.05) is 0 Å². The number of hydrogen-bond donors (Lipinski definition) is 2. The van der Waals surface area contributed by atoms with E-state index in [-0.39, 0.29) is 5.75 Å². The van der Waals surface area contributed by atoms with Gasteiger partial charge in [-0.1, -0.05) is 12.1 Å². The lowest BCUT2D eigenvalue weighted by molar-refractivity contribution is 0.0850. The summed E-state index contributed by atoms with van der Waals surface area (Å²) in [6.45, 7) is 0. The Morgan fingerprint density at radius 2 is 1.91 bits per heavy atom. The predicted molar refractivity (Wildman–Crippen MR) is 36.1 cm³/mol. The van der Waals surface area contributed by atoms with Crippen LogP contribution in [-0.4, -0.2) is 5.11 Å². The number of rotatable bonds is 1. The van der Waals surface area contributed by atoms with E-state index in [4.69, 9.17) is 5.73 Å². The lowest BCUT2D eigenvalue weighted by Crippen LogP contribution is -2.20. The molecule has 4 nitrogen and oxygen atoms in total. The van der Waals surface area contributed by atoms with E-state index >= 15 is 0 Å². The predicted octanol–water partition coefficient (Wildman–Crippen LogP) is 0.423. The standard InChI is InChI=1S/C7H7NO3/c8-7(10-11-7)5-3-1-2-4-6(5)9/h1-4,9H,8H2. The Balaban J connectivity index is 2.45. The second kappa shape index (κ2) is 1.94. The highest BCUT2D eigenvalue weighted by atomic mass is 17.4. The third-order valence-electron chi connectivity index (χ3n) is 1.54. The van der Waals surface area contributed by atoms with Crippen LogP contribution in [0.15, 0.2) is 24.3 Å². The molecule has 1 aliphatic heterocycles. The normalized spacial score (nSPS) is 19.7. The van der Waals surface area contributed by atoms with Crippen molar-refractivity contribution in [2.24, 2.45) is 5.73 Å². The first-order chi connectivity index (χ1) is 5.22. The molecule has 0 unspecified atom stereocenters. The van der Waals surface area contributed by atoms with Crippen LogP contribution >= 0.6 is 0 Å². The van der Waals surface area contributed by atoms with Crippen LogP contribution in [0.2, 0.25) is 0 Å². The Hall–Kier alpha value is -1.10. The summed E-state index contributed by atoms with van der Waals surface area (Å²) in [5.41, 5.74) is 5.91. The van der Waals surface area contributed by atoms with Crippen molar-refractivity contribution in [3.8, 4) is 5.75 Å². The van der Waals surface area contributed by atoms with Crippen LogP contribution in [0.3, 0.4) is 0 Å². The molecule has 0 saturated carbocycles. The number of para-hydroxylation sites is 1. The van der Waals surface area contributed by atoms with Gasteiger partial charge in [-0.15, -0.1) is 0 Å². The van der Waals surface area contributed by atoms with E-state index in [2.05, 4.69) is 9.78 Å². The highest BCUT2D eigenvalue weighted by molar-refractivity contribution is 5.35. The average Bonchev–Trinajstić information content (AvgIpc) is 2.70. The first kappa shape index (κ1) is 6.60. The molecule has 1 saturated heterocycles. The van der Waals surface area contributed by atoms with E-state index in [9.17, 15) is 5.11 Å². The maximum atomic E-state index is 9.25. The lowest BCUT2D eigenvalue weighted by atomic mass is 10.1. The smallest absolute Gasteiger partial charge is 0.315 e. The zero-order chi connectivity index (χ0) is 7.90. The van der Waals surface area contributed by atoms with Crippen LogP contribution in [0, 0.1) is 0 Å². The minimum Gasteiger partial charge on any atom is -0.507 e. The van der Waals surface area contributed by atoms with Crippen LogP contribution in [0.5, 0.6) is 5.75 Å².